The third kappa shape index (κ3) is 4.52. The molecule has 0 aliphatic carbocycles. The first-order valence-corrected chi connectivity index (χ1v) is 6.20. The molecule has 20 heavy (non-hydrogen) atoms. The highest BCUT2D eigenvalue weighted by Crippen LogP contribution is 2.10. The summed E-state index contributed by atoms with van der Waals surface area (Å²) in [7, 11) is 0. The van der Waals surface area contributed by atoms with Crippen molar-refractivity contribution >= 4 is 11.8 Å². The van der Waals surface area contributed by atoms with Crippen LogP contribution in [0.3, 0.4) is 0 Å². The molecule has 0 spiro atoms. The van der Waals surface area contributed by atoms with Crippen LogP contribution in [-0.4, -0.2) is 40.2 Å². The molecule has 2 amide bonds. The van der Waals surface area contributed by atoms with Crippen LogP contribution in [0.5, 0.6) is 5.75 Å². The molecule has 1 aromatic rings. The van der Waals surface area contributed by atoms with Crippen LogP contribution < -0.4 is 16.8 Å². The van der Waals surface area contributed by atoms with Crippen molar-refractivity contribution < 1.29 is 25.5 Å². The maximum atomic E-state index is 11.9. The highest BCUT2D eigenvalue weighted by molar-refractivity contribution is 5.88. The first-order chi connectivity index (χ1) is 9.31. The summed E-state index contributed by atoms with van der Waals surface area (Å²) in [5.74, 6) is -1.13. The molecule has 0 aliphatic rings. The van der Waals surface area contributed by atoms with Crippen molar-refractivity contribution in [1.82, 2.24) is 5.32 Å². The number of carbonyl (C=O) groups excluding carboxylic acids is 2. The van der Waals surface area contributed by atoms with E-state index in [2.05, 4.69) is 11.1 Å². The smallest absolute Gasteiger partial charge is 0.279 e. The molecule has 0 saturated carbocycles. The monoisotopic (exact) mass is 282 g/mol. The van der Waals surface area contributed by atoms with Crippen molar-refractivity contribution in [3.05, 3.63) is 29.8 Å². The molecule has 1 aromatic carbocycles. The van der Waals surface area contributed by atoms with Gasteiger partial charge in [0.2, 0.25) is 5.91 Å². The number of nitrogens with two attached hydrogens (primary N) is 1. The van der Waals surface area contributed by atoms with Gasteiger partial charge in [0, 0.05) is 6.42 Å². The molecule has 0 fully saturated rings. The Bertz CT molecular complexity index is 473. The second-order valence-corrected chi connectivity index (χ2v) is 4.70. The summed E-state index contributed by atoms with van der Waals surface area (Å²) in [5, 5.41) is 20.9. The molecule has 3 atom stereocenters. The van der Waals surface area contributed by atoms with Crippen LogP contribution in [0.2, 0.25) is 0 Å². The van der Waals surface area contributed by atoms with E-state index in [1.807, 2.05) is 0 Å². The third-order valence-corrected chi connectivity index (χ3v) is 2.88. The number of carbonyl (C=O) groups is 2. The van der Waals surface area contributed by atoms with Gasteiger partial charge in [0.05, 0.1) is 6.10 Å². The lowest BCUT2D eigenvalue weighted by molar-refractivity contribution is -0.403. The lowest BCUT2D eigenvalue weighted by atomic mass is 10.0. The van der Waals surface area contributed by atoms with Crippen LogP contribution in [0.25, 0.3) is 0 Å². The fourth-order valence-corrected chi connectivity index (χ4v) is 1.71. The Morgan fingerprint density at radius 2 is 1.90 bits per heavy atom. The number of hydrogen-bond donors (Lipinski definition) is 5. The molecule has 8 N–H and O–H groups in total. The maximum absolute atomic E-state index is 11.9. The van der Waals surface area contributed by atoms with Gasteiger partial charge in [0.25, 0.3) is 5.91 Å². The van der Waals surface area contributed by atoms with E-state index in [0.29, 0.717) is 6.42 Å². The van der Waals surface area contributed by atoms with Crippen molar-refractivity contribution in [2.24, 2.45) is 5.73 Å². The Morgan fingerprint density at radius 3 is 2.35 bits per heavy atom. The van der Waals surface area contributed by atoms with E-state index in [1.165, 1.54) is 19.1 Å². The van der Waals surface area contributed by atoms with Crippen molar-refractivity contribution in [3.8, 4) is 5.75 Å². The van der Waals surface area contributed by atoms with Gasteiger partial charge in [-0.3, -0.25) is 9.59 Å². The Kier molecular flexibility index (Phi) is 5.48. The molecule has 7 nitrogen and oxygen atoms in total. The van der Waals surface area contributed by atoms with Gasteiger partial charge in [-0.15, -0.1) is 0 Å². The number of hydrogen-bond acceptors (Lipinski definition) is 4. The largest absolute Gasteiger partial charge is 0.508 e. The van der Waals surface area contributed by atoms with Crippen LogP contribution in [-0.2, 0) is 16.0 Å². The SMILES string of the molecule is C[C@@H](O)[C@H](NC(=O)[C@@H]([NH3+])Cc1ccc(O)cc1)C(N)=O. The highest BCUT2D eigenvalue weighted by atomic mass is 16.3. The lowest BCUT2D eigenvalue weighted by Crippen LogP contribution is -2.70. The number of primary amides is 1. The molecule has 7 heteroatoms. The molecule has 0 heterocycles. The molecule has 110 valence electrons. The third-order valence-electron chi connectivity index (χ3n) is 2.88. The molecule has 0 aromatic heterocycles. The minimum absolute atomic E-state index is 0.140. The Balaban J connectivity index is 2.62. The van der Waals surface area contributed by atoms with E-state index < -0.39 is 30.0 Å². The summed E-state index contributed by atoms with van der Waals surface area (Å²) in [4.78, 5) is 23.0. The topological polar surface area (TPSA) is 140 Å². The average molecular weight is 282 g/mol. The molecule has 0 unspecified atom stereocenters. The molecule has 0 bridgehead atoms. The van der Waals surface area contributed by atoms with Crippen molar-refractivity contribution in [2.75, 3.05) is 0 Å². The molecule has 0 saturated heterocycles. The van der Waals surface area contributed by atoms with Gasteiger partial charge in [0.15, 0.2) is 6.04 Å². The maximum Gasteiger partial charge on any atom is 0.279 e. The summed E-state index contributed by atoms with van der Waals surface area (Å²) in [6.07, 6.45) is -0.727. The van der Waals surface area contributed by atoms with Gasteiger partial charge < -0.3 is 27.0 Å². The fraction of sp³-hybridized carbons (Fsp3) is 0.385. The van der Waals surface area contributed by atoms with Crippen LogP contribution in [0.4, 0.5) is 0 Å². The summed E-state index contributed by atoms with van der Waals surface area (Å²) >= 11 is 0. The predicted molar refractivity (Wildman–Crippen MR) is 71.3 cm³/mol. The number of amides is 2. The van der Waals surface area contributed by atoms with E-state index in [0.717, 1.165) is 5.56 Å². The number of quaternary nitrogens is 1. The van der Waals surface area contributed by atoms with Gasteiger partial charge >= 0.3 is 0 Å². The van der Waals surface area contributed by atoms with Gasteiger partial charge in [0.1, 0.15) is 11.8 Å². The fourth-order valence-electron chi connectivity index (χ4n) is 1.71. The summed E-state index contributed by atoms with van der Waals surface area (Å²) in [6.45, 7) is 1.37. The standard InChI is InChI=1S/C13H19N3O4/c1-7(17)11(12(15)19)16-13(20)10(14)6-8-2-4-9(18)5-3-8/h2-5,7,10-11,17-18H,6,14H2,1H3,(H2,15,19)(H,16,20)/p+1/t7-,10+,11+/m1/s1. The van der Waals surface area contributed by atoms with Crippen LogP contribution >= 0.6 is 0 Å². The quantitative estimate of drug-likeness (QED) is 0.407. The van der Waals surface area contributed by atoms with E-state index in [9.17, 15) is 14.7 Å². The number of rotatable bonds is 6. The highest BCUT2D eigenvalue weighted by Gasteiger charge is 2.27. The number of phenols is 1. The number of aliphatic hydroxyl groups is 1. The molecule has 1 rings (SSSR count). The first-order valence-electron chi connectivity index (χ1n) is 6.20. The van der Waals surface area contributed by atoms with Crippen LogP contribution in [0, 0.1) is 0 Å². The predicted octanol–water partition coefficient (Wildman–Crippen LogP) is -2.10. The zero-order chi connectivity index (χ0) is 15.3. The normalized spacial score (nSPS) is 15.2. The second-order valence-electron chi connectivity index (χ2n) is 4.70. The molecule has 0 radical (unpaired) electrons. The molecular formula is C13H20N3O4+. The number of phenolic OH excluding ortho intramolecular Hbond substituents is 1. The minimum Gasteiger partial charge on any atom is -0.508 e. The van der Waals surface area contributed by atoms with E-state index in [4.69, 9.17) is 10.8 Å². The van der Waals surface area contributed by atoms with E-state index in [-0.39, 0.29) is 5.75 Å². The average Bonchev–Trinajstić information content (AvgIpc) is 2.37. The van der Waals surface area contributed by atoms with Gasteiger partial charge in [-0.25, -0.2) is 0 Å². The van der Waals surface area contributed by atoms with E-state index >= 15 is 0 Å². The summed E-state index contributed by atoms with van der Waals surface area (Å²) in [5.41, 5.74) is 9.64. The second kappa shape index (κ2) is 6.88. The lowest BCUT2D eigenvalue weighted by Gasteiger charge is -2.19. The van der Waals surface area contributed by atoms with Gasteiger partial charge in [-0.1, -0.05) is 12.1 Å². The zero-order valence-electron chi connectivity index (χ0n) is 11.2. The van der Waals surface area contributed by atoms with Gasteiger partial charge in [-0.2, -0.15) is 0 Å². The Labute approximate surface area is 116 Å². The van der Waals surface area contributed by atoms with E-state index in [1.54, 1.807) is 12.1 Å². The summed E-state index contributed by atoms with van der Waals surface area (Å²) in [6, 6.07) is 4.62. The minimum atomic E-state index is -1.13. The van der Waals surface area contributed by atoms with Crippen molar-refractivity contribution in [2.45, 2.75) is 31.5 Å². The van der Waals surface area contributed by atoms with Crippen LogP contribution in [0.15, 0.2) is 24.3 Å². The Morgan fingerprint density at radius 1 is 1.35 bits per heavy atom. The van der Waals surface area contributed by atoms with Crippen molar-refractivity contribution in [1.29, 1.82) is 0 Å². The Hall–Kier alpha value is -2.12. The first kappa shape index (κ1) is 15.9. The zero-order valence-corrected chi connectivity index (χ0v) is 11.2. The summed E-state index contributed by atoms with van der Waals surface area (Å²) < 4.78 is 0. The van der Waals surface area contributed by atoms with Gasteiger partial charge in [-0.05, 0) is 24.6 Å². The number of aliphatic hydroxyl groups excluding tert-OH is 1. The molecular weight excluding hydrogens is 262 g/mol. The number of nitrogens with one attached hydrogen (secondary N) is 1. The van der Waals surface area contributed by atoms with Crippen molar-refractivity contribution in [3.63, 3.8) is 0 Å². The molecule has 0 aliphatic heterocycles. The van der Waals surface area contributed by atoms with Crippen LogP contribution in [0.1, 0.15) is 12.5 Å². The number of benzene rings is 1. The number of aromatic hydroxyl groups is 1.